The highest BCUT2D eigenvalue weighted by molar-refractivity contribution is 9.10. The molecule has 20 heavy (non-hydrogen) atoms. The van der Waals surface area contributed by atoms with Crippen molar-refractivity contribution in [2.24, 2.45) is 0 Å². The largest absolute Gasteiger partial charge is 0.456 e. The van der Waals surface area contributed by atoms with Crippen molar-refractivity contribution in [1.82, 2.24) is 0 Å². The second-order valence-corrected chi connectivity index (χ2v) is 5.71. The van der Waals surface area contributed by atoms with Gasteiger partial charge in [-0.1, -0.05) is 33.6 Å². The van der Waals surface area contributed by atoms with Crippen LogP contribution in [0, 0.1) is 10.1 Å². The summed E-state index contributed by atoms with van der Waals surface area (Å²) in [6, 6.07) is 9.60. The molecule has 0 atom stereocenters. The first-order valence-corrected chi connectivity index (χ1v) is 7.76. The topological polar surface area (TPSA) is 52.4 Å². The molecule has 0 saturated carbocycles. The Morgan fingerprint density at radius 3 is 2.60 bits per heavy atom. The lowest BCUT2D eigenvalue weighted by Gasteiger charge is -2.11. The van der Waals surface area contributed by atoms with Gasteiger partial charge in [0.1, 0.15) is 11.5 Å². The molecule has 0 heterocycles. The number of nitro groups is 1. The predicted molar refractivity (Wildman–Crippen MR) is 85.0 cm³/mol. The van der Waals surface area contributed by atoms with Crippen LogP contribution in [-0.2, 0) is 5.33 Å². The van der Waals surface area contributed by atoms with E-state index in [-0.39, 0.29) is 5.69 Å². The first kappa shape index (κ1) is 15.3. The van der Waals surface area contributed by atoms with Crippen molar-refractivity contribution < 1.29 is 9.66 Å². The van der Waals surface area contributed by atoms with E-state index in [1.165, 1.54) is 12.1 Å². The Balaban J connectivity index is 2.41. The zero-order chi connectivity index (χ0) is 14.7. The first-order valence-electron chi connectivity index (χ1n) is 5.47. The van der Waals surface area contributed by atoms with Crippen LogP contribution < -0.4 is 4.74 Å². The Morgan fingerprint density at radius 2 is 1.95 bits per heavy atom. The van der Waals surface area contributed by atoms with Crippen molar-refractivity contribution in [1.29, 1.82) is 0 Å². The lowest BCUT2D eigenvalue weighted by molar-refractivity contribution is -0.384. The fraction of sp³-hybridized carbons (Fsp3) is 0.0769. The second-order valence-electron chi connectivity index (χ2n) is 3.86. The third-order valence-corrected chi connectivity index (χ3v) is 4.01. The van der Waals surface area contributed by atoms with Gasteiger partial charge in [-0.2, -0.15) is 0 Å². The highest BCUT2D eigenvalue weighted by atomic mass is 79.9. The van der Waals surface area contributed by atoms with Crippen LogP contribution in [-0.4, -0.2) is 4.92 Å². The van der Waals surface area contributed by atoms with Crippen LogP contribution >= 0.6 is 43.5 Å². The second kappa shape index (κ2) is 6.56. The molecule has 2 aromatic carbocycles. The van der Waals surface area contributed by atoms with Crippen LogP contribution in [0.1, 0.15) is 5.56 Å². The SMILES string of the molecule is O=[N+]([O-])c1ccc(Br)c(Oc2cc(Cl)ccc2CBr)c1. The molecule has 0 radical (unpaired) electrons. The van der Waals surface area contributed by atoms with Crippen molar-refractivity contribution >= 4 is 49.1 Å². The minimum absolute atomic E-state index is 0.0365. The number of halogens is 3. The number of hydrogen-bond acceptors (Lipinski definition) is 3. The molecular weight excluding hydrogens is 413 g/mol. The number of benzene rings is 2. The Morgan fingerprint density at radius 1 is 1.20 bits per heavy atom. The van der Waals surface area contributed by atoms with E-state index in [0.29, 0.717) is 26.3 Å². The summed E-state index contributed by atoms with van der Waals surface area (Å²) < 4.78 is 6.37. The highest BCUT2D eigenvalue weighted by Crippen LogP contribution is 2.36. The van der Waals surface area contributed by atoms with Gasteiger partial charge in [-0.05, 0) is 34.1 Å². The molecule has 0 N–H and O–H groups in total. The number of alkyl halides is 1. The van der Waals surface area contributed by atoms with E-state index in [1.54, 1.807) is 18.2 Å². The number of non-ortho nitro benzene ring substituents is 1. The third kappa shape index (κ3) is 3.50. The van der Waals surface area contributed by atoms with Crippen molar-refractivity contribution in [2.75, 3.05) is 0 Å². The molecule has 0 aliphatic carbocycles. The summed E-state index contributed by atoms with van der Waals surface area (Å²) >= 11 is 12.6. The van der Waals surface area contributed by atoms with Crippen LogP contribution in [0.25, 0.3) is 0 Å². The van der Waals surface area contributed by atoms with Gasteiger partial charge in [-0.25, -0.2) is 0 Å². The Hall–Kier alpha value is -1.11. The predicted octanol–water partition coefficient (Wildman–Crippen LogP) is 5.70. The van der Waals surface area contributed by atoms with Gasteiger partial charge >= 0.3 is 0 Å². The molecule has 2 rings (SSSR count). The lowest BCUT2D eigenvalue weighted by atomic mass is 10.2. The maximum absolute atomic E-state index is 10.8. The monoisotopic (exact) mass is 419 g/mol. The molecule has 7 heteroatoms. The van der Waals surface area contributed by atoms with E-state index in [9.17, 15) is 10.1 Å². The van der Waals surface area contributed by atoms with Crippen LogP contribution in [0.5, 0.6) is 11.5 Å². The summed E-state index contributed by atoms with van der Waals surface area (Å²) in [7, 11) is 0. The van der Waals surface area contributed by atoms with E-state index < -0.39 is 4.92 Å². The van der Waals surface area contributed by atoms with Gasteiger partial charge in [0, 0.05) is 22.0 Å². The van der Waals surface area contributed by atoms with E-state index in [2.05, 4.69) is 31.9 Å². The molecule has 0 aliphatic heterocycles. The Kier molecular flexibility index (Phi) is 5.01. The van der Waals surface area contributed by atoms with E-state index in [4.69, 9.17) is 16.3 Å². The van der Waals surface area contributed by atoms with Gasteiger partial charge in [0.2, 0.25) is 0 Å². The molecule has 104 valence electrons. The van der Waals surface area contributed by atoms with Crippen LogP contribution in [0.2, 0.25) is 5.02 Å². The number of nitro benzene ring substituents is 1. The standard InChI is InChI=1S/C13H8Br2ClNO3/c14-7-8-1-2-9(16)5-12(8)20-13-6-10(17(18)19)3-4-11(13)15/h1-6H,7H2. The van der Waals surface area contributed by atoms with Gasteiger partial charge in [0.15, 0.2) is 0 Å². The van der Waals surface area contributed by atoms with Crippen LogP contribution in [0.3, 0.4) is 0 Å². The molecular formula is C13H8Br2ClNO3. The van der Waals surface area contributed by atoms with Crippen molar-refractivity contribution in [2.45, 2.75) is 5.33 Å². The van der Waals surface area contributed by atoms with E-state index in [1.807, 2.05) is 6.07 Å². The zero-order valence-corrected chi connectivity index (χ0v) is 13.9. The summed E-state index contributed by atoms with van der Waals surface area (Å²) in [5, 5.41) is 11.9. The summed E-state index contributed by atoms with van der Waals surface area (Å²) in [4.78, 5) is 10.3. The Labute approximate surface area is 137 Å². The normalized spacial score (nSPS) is 10.3. The molecule has 2 aromatic rings. The molecule has 0 spiro atoms. The minimum Gasteiger partial charge on any atom is -0.456 e. The summed E-state index contributed by atoms with van der Waals surface area (Å²) in [6.07, 6.45) is 0. The Bertz CT molecular complexity index is 664. The molecule has 0 bridgehead atoms. The highest BCUT2D eigenvalue weighted by Gasteiger charge is 2.13. The van der Waals surface area contributed by atoms with E-state index in [0.717, 1.165) is 5.56 Å². The first-order chi connectivity index (χ1) is 9.51. The molecule has 0 aromatic heterocycles. The third-order valence-electron chi connectivity index (χ3n) is 2.52. The van der Waals surface area contributed by atoms with Gasteiger partial charge in [0.05, 0.1) is 15.5 Å². The molecule has 0 amide bonds. The zero-order valence-electron chi connectivity index (χ0n) is 9.98. The van der Waals surface area contributed by atoms with Crippen LogP contribution in [0.15, 0.2) is 40.9 Å². The number of hydrogen-bond donors (Lipinski definition) is 0. The number of nitrogens with zero attached hydrogens (tertiary/aromatic N) is 1. The quantitative estimate of drug-likeness (QED) is 0.362. The maximum Gasteiger partial charge on any atom is 0.273 e. The smallest absolute Gasteiger partial charge is 0.273 e. The number of ether oxygens (including phenoxy) is 1. The summed E-state index contributed by atoms with van der Waals surface area (Å²) in [6.45, 7) is 0. The average molecular weight is 421 g/mol. The van der Waals surface area contributed by atoms with Gasteiger partial charge in [-0.15, -0.1) is 0 Å². The molecule has 0 saturated heterocycles. The molecule has 4 nitrogen and oxygen atoms in total. The van der Waals surface area contributed by atoms with Crippen molar-refractivity contribution in [3.63, 3.8) is 0 Å². The van der Waals surface area contributed by atoms with Crippen LogP contribution in [0.4, 0.5) is 5.69 Å². The van der Waals surface area contributed by atoms with Crippen molar-refractivity contribution in [3.8, 4) is 11.5 Å². The summed E-state index contributed by atoms with van der Waals surface area (Å²) in [5.41, 5.74) is 0.860. The maximum atomic E-state index is 10.8. The molecule has 0 aliphatic rings. The van der Waals surface area contributed by atoms with Crippen molar-refractivity contribution in [3.05, 3.63) is 61.6 Å². The van der Waals surface area contributed by atoms with Gasteiger partial charge in [0.25, 0.3) is 5.69 Å². The molecule has 0 fully saturated rings. The fourth-order valence-corrected chi connectivity index (χ4v) is 2.49. The summed E-state index contributed by atoms with van der Waals surface area (Å²) in [5.74, 6) is 0.916. The lowest BCUT2D eigenvalue weighted by Crippen LogP contribution is -1.93. The van der Waals surface area contributed by atoms with Gasteiger partial charge < -0.3 is 4.74 Å². The van der Waals surface area contributed by atoms with Gasteiger partial charge in [-0.3, -0.25) is 10.1 Å². The fourth-order valence-electron chi connectivity index (χ4n) is 1.54. The van der Waals surface area contributed by atoms with E-state index >= 15 is 0 Å². The minimum atomic E-state index is -0.470. The number of rotatable bonds is 4. The molecule has 0 unspecified atom stereocenters. The average Bonchev–Trinajstić information content (AvgIpc) is 2.41.